The fraction of sp³-hybridized carbons (Fsp3) is 0.0714. The normalized spacial score (nSPS) is 10.3. The second kappa shape index (κ2) is 5.67. The van der Waals surface area contributed by atoms with E-state index in [1.54, 1.807) is 12.1 Å². The van der Waals surface area contributed by atoms with Gasteiger partial charge in [0.1, 0.15) is 10.8 Å². The van der Waals surface area contributed by atoms with Crippen LogP contribution >= 0.6 is 28.1 Å². The zero-order valence-corrected chi connectivity index (χ0v) is 12.6. The summed E-state index contributed by atoms with van der Waals surface area (Å²) in [6.07, 6.45) is 0. The summed E-state index contributed by atoms with van der Waals surface area (Å²) in [7, 11) is 0. The number of halogens is 2. The van der Waals surface area contributed by atoms with E-state index in [0.29, 0.717) is 10.7 Å². The van der Waals surface area contributed by atoms with Gasteiger partial charge in [-0.1, -0.05) is 28.1 Å². The predicted molar refractivity (Wildman–Crippen MR) is 84.4 cm³/mol. The molecule has 3 N–H and O–H groups in total. The van der Waals surface area contributed by atoms with Gasteiger partial charge in [0.2, 0.25) is 0 Å². The van der Waals surface area contributed by atoms with E-state index < -0.39 is 0 Å². The molecule has 2 aromatic rings. The number of rotatable bonds is 3. The van der Waals surface area contributed by atoms with Gasteiger partial charge in [-0.2, -0.15) is 0 Å². The summed E-state index contributed by atoms with van der Waals surface area (Å²) >= 11 is 8.24. The van der Waals surface area contributed by atoms with Crippen LogP contribution in [0.1, 0.15) is 11.1 Å². The highest BCUT2D eigenvalue weighted by atomic mass is 79.9. The number of aryl methyl sites for hydroxylation is 1. The Morgan fingerprint density at radius 2 is 1.95 bits per heavy atom. The van der Waals surface area contributed by atoms with E-state index in [9.17, 15) is 4.39 Å². The molecule has 0 spiro atoms. The number of anilines is 2. The molecule has 0 amide bonds. The average molecular weight is 339 g/mol. The van der Waals surface area contributed by atoms with Crippen LogP contribution in [-0.2, 0) is 0 Å². The lowest BCUT2D eigenvalue weighted by molar-refractivity contribution is 0.631. The molecule has 0 aliphatic rings. The van der Waals surface area contributed by atoms with Crippen LogP contribution in [0.3, 0.4) is 0 Å². The molecule has 0 saturated heterocycles. The van der Waals surface area contributed by atoms with E-state index in [1.165, 1.54) is 6.07 Å². The van der Waals surface area contributed by atoms with Crippen LogP contribution in [0.4, 0.5) is 15.8 Å². The van der Waals surface area contributed by atoms with E-state index in [4.69, 9.17) is 18.0 Å². The first kappa shape index (κ1) is 14.0. The van der Waals surface area contributed by atoms with E-state index in [0.717, 1.165) is 21.3 Å². The minimum atomic E-state index is -0.305. The monoisotopic (exact) mass is 338 g/mol. The van der Waals surface area contributed by atoms with Crippen LogP contribution in [0, 0.1) is 12.7 Å². The molecule has 0 atom stereocenters. The lowest BCUT2D eigenvalue weighted by Crippen LogP contribution is -2.09. The maximum atomic E-state index is 13.7. The third-order valence-corrected chi connectivity index (χ3v) is 3.44. The maximum Gasteiger partial charge on any atom is 0.146 e. The molecule has 5 heteroatoms. The van der Waals surface area contributed by atoms with Crippen molar-refractivity contribution in [2.24, 2.45) is 5.73 Å². The van der Waals surface area contributed by atoms with Crippen LogP contribution in [0.25, 0.3) is 0 Å². The summed E-state index contributed by atoms with van der Waals surface area (Å²) in [4.78, 5) is 0.350. The van der Waals surface area contributed by atoms with Crippen LogP contribution in [0.15, 0.2) is 40.9 Å². The van der Waals surface area contributed by atoms with E-state index >= 15 is 0 Å². The molecule has 19 heavy (non-hydrogen) atoms. The lowest BCUT2D eigenvalue weighted by Gasteiger charge is -2.12. The van der Waals surface area contributed by atoms with Crippen molar-refractivity contribution < 1.29 is 4.39 Å². The van der Waals surface area contributed by atoms with Crippen molar-refractivity contribution in [3.05, 3.63) is 57.8 Å². The molecule has 0 aliphatic carbocycles. The van der Waals surface area contributed by atoms with Crippen molar-refractivity contribution in [1.29, 1.82) is 0 Å². The minimum Gasteiger partial charge on any atom is -0.389 e. The van der Waals surface area contributed by atoms with E-state index in [1.807, 2.05) is 25.1 Å². The first-order valence-electron chi connectivity index (χ1n) is 5.60. The number of hydrogen-bond donors (Lipinski definition) is 2. The van der Waals surface area contributed by atoms with Crippen molar-refractivity contribution in [2.75, 3.05) is 5.32 Å². The zero-order valence-electron chi connectivity index (χ0n) is 10.2. The Morgan fingerprint density at radius 1 is 1.21 bits per heavy atom. The first-order chi connectivity index (χ1) is 8.97. The molecule has 2 aromatic carbocycles. The number of nitrogens with two attached hydrogens (primary N) is 1. The summed E-state index contributed by atoms with van der Waals surface area (Å²) in [5.74, 6) is -0.305. The molecule has 0 radical (unpaired) electrons. The zero-order chi connectivity index (χ0) is 14.0. The lowest BCUT2D eigenvalue weighted by atomic mass is 10.1. The van der Waals surface area contributed by atoms with Crippen LogP contribution < -0.4 is 11.1 Å². The SMILES string of the molecule is Cc1cc(C(N)=S)ccc1Nc1cc(Br)ccc1F. The Morgan fingerprint density at radius 3 is 2.58 bits per heavy atom. The van der Waals surface area contributed by atoms with Crippen molar-refractivity contribution in [1.82, 2.24) is 0 Å². The molecule has 0 saturated carbocycles. The summed E-state index contributed by atoms with van der Waals surface area (Å²) in [6, 6.07) is 10.3. The fourth-order valence-corrected chi connectivity index (χ4v) is 2.18. The van der Waals surface area contributed by atoms with Gasteiger partial charge in [0.25, 0.3) is 0 Å². The van der Waals surface area contributed by atoms with E-state index in [-0.39, 0.29) is 5.82 Å². The molecule has 0 heterocycles. The van der Waals surface area contributed by atoms with Gasteiger partial charge >= 0.3 is 0 Å². The van der Waals surface area contributed by atoms with Crippen molar-refractivity contribution >= 4 is 44.5 Å². The Kier molecular flexibility index (Phi) is 4.17. The average Bonchev–Trinajstić information content (AvgIpc) is 2.36. The van der Waals surface area contributed by atoms with Gasteiger partial charge in [-0.15, -0.1) is 0 Å². The molecule has 2 nitrogen and oxygen atoms in total. The number of thiocarbonyl (C=S) groups is 1. The summed E-state index contributed by atoms with van der Waals surface area (Å²) < 4.78 is 14.5. The number of hydrogen-bond acceptors (Lipinski definition) is 2. The maximum absolute atomic E-state index is 13.7. The molecular weight excluding hydrogens is 327 g/mol. The Labute approximate surface area is 124 Å². The highest BCUT2D eigenvalue weighted by Gasteiger charge is 2.06. The molecule has 0 bridgehead atoms. The molecular formula is C14H12BrFN2S. The minimum absolute atomic E-state index is 0.305. The van der Waals surface area contributed by atoms with Gasteiger partial charge < -0.3 is 11.1 Å². The van der Waals surface area contributed by atoms with Crippen molar-refractivity contribution in [3.8, 4) is 0 Å². The fourth-order valence-electron chi connectivity index (χ4n) is 1.70. The molecule has 0 aromatic heterocycles. The van der Waals surface area contributed by atoms with Crippen LogP contribution in [0.2, 0.25) is 0 Å². The van der Waals surface area contributed by atoms with Gasteiger partial charge in [-0.05, 0) is 48.9 Å². The van der Waals surface area contributed by atoms with Crippen molar-refractivity contribution in [2.45, 2.75) is 6.92 Å². The molecule has 2 rings (SSSR count). The van der Waals surface area contributed by atoms with Gasteiger partial charge in [-0.25, -0.2) is 4.39 Å². The summed E-state index contributed by atoms with van der Waals surface area (Å²) in [5, 5.41) is 3.06. The van der Waals surface area contributed by atoms with E-state index in [2.05, 4.69) is 21.2 Å². The largest absolute Gasteiger partial charge is 0.389 e. The number of benzene rings is 2. The molecule has 98 valence electrons. The summed E-state index contributed by atoms with van der Waals surface area (Å²) in [5.41, 5.74) is 8.56. The second-order valence-electron chi connectivity index (χ2n) is 4.14. The van der Waals surface area contributed by atoms with Gasteiger partial charge in [0.15, 0.2) is 0 Å². The van der Waals surface area contributed by atoms with Crippen LogP contribution in [-0.4, -0.2) is 4.99 Å². The predicted octanol–water partition coefficient (Wildman–Crippen LogP) is 4.27. The molecule has 0 fully saturated rings. The molecule has 0 unspecified atom stereocenters. The highest BCUT2D eigenvalue weighted by molar-refractivity contribution is 9.10. The third kappa shape index (κ3) is 3.30. The van der Waals surface area contributed by atoms with Crippen LogP contribution in [0.5, 0.6) is 0 Å². The summed E-state index contributed by atoms with van der Waals surface area (Å²) in [6.45, 7) is 1.92. The Bertz CT molecular complexity index is 643. The number of nitrogens with one attached hydrogen (secondary N) is 1. The van der Waals surface area contributed by atoms with Gasteiger partial charge in [-0.3, -0.25) is 0 Å². The highest BCUT2D eigenvalue weighted by Crippen LogP contribution is 2.26. The Hall–Kier alpha value is -1.46. The first-order valence-corrected chi connectivity index (χ1v) is 6.80. The van der Waals surface area contributed by atoms with Crippen molar-refractivity contribution in [3.63, 3.8) is 0 Å². The topological polar surface area (TPSA) is 38.0 Å². The smallest absolute Gasteiger partial charge is 0.146 e. The second-order valence-corrected chi connectivity index (χ2v) is 5.50. The Balaban J connectivity index is 2.33. The third-order valence-electron chi connectivity index (χ3n) is 2.71. The quantitative estimate of drug-likeness (QED) is 0.820. The van der Waals surface area contributed by atoms with Gasteiger partial charge in [0, 0.05) is 15.7 Å². The molecule has 0 aliphatic heterocycles. The van der Waals surface area contributed by atoms with Gasteiger partial charge in [0.05, 0.1) is 5.69 Å². The standard InChI is InChI=1S/C14H12BrFN2S/c1-8-6-9(14(17)19)2-5-12(8)18-13-7-10(15)3-4-11(13)16/h2-7,18H,1H3,(H2,17,19).